The van der Waals surface area contributed by atoms with Crippen molar-refractivity contribution in [1.29, 1.82) is 0 Å². The summed E-state index contributed by atoms with van der Waals surface area (Å²) in [6, 6.07) is 9.75. The molecule has 0 spiro atoms. The lowest BCUT2D eigenvalue weighted by atomic mass is 10.1. The first-order chi connectivity index (χ1) is 9.33. The van der Waals surface area contributed by atoms with Gasteiger partial charge >= 0.3 is 0 Å². The lowest BCUT2D eigenvalue weighted by Gasteiger charge is -2.12. The minimum Gasteiger partial charge on any atom is -0.493 e. The molecule has 1 aromatic carbocycles. The molecule has 2 N–H and O–H groups in total. The van der Waals surface area contributed by atoms with Gasteiger partial charge in [-0.05, 0) is 48.4 Å². The van der Waals surface area contributed by atoms with Crippen LogP contribution >= 0.6 is 0 Å². The Morgan fingerprint density at radius 3 is 2.53 bits per heavy atom. The Labute approximate surface area is 113 Å². The number of methoxy groups -OCH3 is 1. The Bertz CT molecular complexity index is 515. The molecule has 0 fully saturated rings. The number of nitrogens with two attached hydrogens (primary N) is 1. The Balaban J connectivity index is 2.11. The quantitative estimate of drug-likeness (QED) is 0.862. The van der Waals surface area contributed by atoms with Crippen molar-refractivity contribution in [3.8, 4) is 11.5 Å². The van der Waals surface area contributed by atoms with E-state index in [0.29, 0.717) is 13.2 Å². The summed E-state index contributed by atoms with van der Waals surface area (Å²) in [5.41, 5.74) is 7.78. The van der Waals surface area contributed by atoms with Crippen molar-refractivity contribution in [2.24, 2.45) is 5.73 Å². The zero-order valence-electron chi connectivity index (χ0n) is 11.0. The molecule has 2 rings (SSSR count). The molecule has 100 valence electrons. The fourth-order valence-corrected chi connectivity index (χ4v) is 1.80. The second kappa shape index (κ2) is 6.75. The second-order valence-corrected chi connectivity index (χ2v) is 4.17. The molecule has 4 heteroatoms. The van der Waals surface area contributed by atoms with E-state index in [2.05, 4.69) is 4.98 Å². The predicted octanol–water partition coefficient (Wildman–Crippen LogP) is 2.17. The summed E-state index contributed by atoms with van der Waals surface area (Å²) >= 11 is 0. The molecule has 0 aliphatic rings. The van der Waals surface area contributed by atoms with Gasteiger partial charge in [-0.2, -0.15) is 0 Å². The number of hydrogen-bond donors (Lipinski definition) is 1. The summed E-state index contributed by atoms with van der Waals surface area (Å²) in [4.78, 5) is 3.98. The van der Waals surface area contributed by atoms with Crippen LogP contribution in [0.1, 0.15) is 11.1 Å². The molecule has 0 saturated heterocycles. The summed E-state index contributed by atoms with van der Waals surface area (Å²) in [5.74, 6) is 1.47. The standard InChI is InChI=1S/C15H18N2O2/c1-18-14-3-2-12(4-7-16)10-15(14)19-11-13-5-8-17-9-6-13/h2-3,5-6,8-10H,4,7,11,16H2,1H3. The summed E-state index contributed by atoms with van der Waals surface area (Å²) in [5, 5.41) is 0. The smallest absolute Gasteiger partial charge is 0.161 e. The second-order valence-electron chi connectivity index (χ2n) is 4.17. The van der Waals surface area contributed by atoms with E-state index in [4.69, 9.17) is 15.2 Å². The molecule has 0 saturated carbocycles. The van der Waals surface area contributed by atoms with Crippen molar-refractivity contribution in [2.45, 2.75) is 13.0 Å². The van der Waals surface area contributed by atoms with Gasteiger partial charge in [-0.15, -0.1) is 0 Å². The van der Waals surface area contributed by atoms with Gasteiger partial charge in [-0.25, -0.2) is 0 Å². The van der Waals surface area contributed by atoms with Crippen LogP contribution in [0.15, 0.2) is 42.7 Å². The summed E-state index contributed by atoms with van der Waals surface area (Å²) in [7, 11) is 1.64. The molecule has 4 nitrogen and oxygen atoms in total. The van der Waals surface area contributed by atoms with Crippen LogP contribution in [0, 0.1) is 0 Å². The number of aromatic nitrogens is 1. The highest BCUT2D eigenvalue weighted by atomic mass is 16.5. The first kappa shape index (κ1) is 13.4. The van der Waals surface area contributed by atoms with Gasteiger partial charge in [-0.1, -0.05) is 6.07 Å². The fraction of sp³-hybridized carbons (Fsp3) is 0.267. The average Bonchev–Trinajstić information content (AvgIpc) is 2.47. The predicted molar refractivity (Wildman–Crippen MR) is 74.3 cm³/mol. The van der Waals surface area contributed by atoms with Gasteiger partial charge in [0.05, 0.1) is 7.11 Å². The number of hydrogen-bond acceptors (Lipinski definition) is 4. The molecule has 0 atom stereocenters. The van der Waals surface area contributed by atoms with Crippen LogP contribution in [-0.2, 0) is 13.0 Å². The van der Waals surface area contributed by atoms with Gasteiger partial charge in [0, 0.05) is 12.4 Å². The third-order valence-corrected chi connectivity index (χ3v) is 2.80. The van der Waals surface area contributed by atoms with Crippen molar-refractivity contribution in [2.75, 3.05) is 13.7 Å². The molecule has 0 amide bonds. The van der Waals surface area contributed by atoms with Crippen molar-refractivity contribution in [1.82, 2.24) is 4.98 Å². The van der Waals surface area contributed by atoms with Crippen LogP contribution in [0.2, 0.25) is 0 Å². The van der Waals surface area contributed by atoms with E-state index in [1.807, 2.05) is 30.3 Å². The highest BCUT2D eigenvalue weighted by molar-refractivity contribution is 5.43. The van der Waals surface area contributed by atoms with E-state index in [1.54, 1.807) is 19.5 Å². The number of rotatable bonds is 6. The summed E-state index contributed by atoms with van der Waals surface area (Å²) in [6.45, 7) is 1.11. The van der Waals surface area contributed by atoms with Gasteiger partial charge in [0.2, 0.25) is 0 Å². The summed E-state index contributed by atoms with van der Waals surface area (Å²) in [6.07, 6.45) is 4.33. The average molecular weight is 258 g/mol. The largest absolute Gasteiger partial charge is 0.493 e. The monoisotopic (exact) mass is 258 g/mol. The van der Waals surface area contributed by atoms with Gasteiger partial charge < -0.3 is 15.2 Å². The first-order valence-corrected chi connectivity index (χ1v) is 6.22. The number of benzene rings is 1. The molecule has 19 heavy (non-hydrogen) atoms. The van der Waals surface area contributed by atoms with Crippen LogP contribution in [0.4, 0.5) is 0 Å². The molecule has 0 bridgehead atoms. The Morgan fingerprint density at radius 1 is 1.05 bits per heavy atom. The van der Waals surface area contributed by atoms with Crippen molar-refractivity contribution in [3.63, 3.8) is 0 Å². The van der Waals surface area contributed by atoms with Crippen molar-refractivity contribution in [3.05, 3.63) is 53.9 Å². The highest BCUT2D eigenvalue weighted by Crippen LogP contribution is 2.28. The molecule has 0 radical (unpaired) electrons. The zero-order valence-corrected chi connectivity index (χ0v) is 11.0. The maximum Gasteiger partial charge on any atom is 0.161 e. The Kier molecular flexibility index (Phi) is 4.75. The zero-order chi connectivity index (χ0) is 13.5. The molecule has 1 aromatic heterocycles. The lowest BCUT2D eigenvalue weighted by molar-refractivity contribution is 0.284. The molecule has 0 unspecified atom stereocenters. The Morgan fingerprint density at radius 2 is 1.84 bits per heavy atom. The van der Waals surface area contributed by atoms with E-state index in [9.17, 15) is 0 Å². The minimum absolute atomic E-state index is 0.491. The van der Waals surface area contributed by atoms with Gasteiger partial charge in [0.25, 0.3) is 0 Å². The van der Waals surface area contributed by atoms with E-state index in [1.165, 1.54) is 0 Å². The first-order valence-electron chi connectivity index (χ1n) is 6.22. The number of nitrogens with zero attached hydrogens (tertiary/aromatic N) is 1. The molecular weight excluding hydrogens is 240 g/mol. The van der Waals surface area contributed by atoms with Crippen molar-refractivity contribution < 1.29 is 9.47 Å². The highest BCUT2D eigenvalue weighted by Gasteiger charge is 2.06. The third-order valence-electron chi connectivity index (χ3n) is 2.80. The number of pyridine rings is 1. The van der Waals surface area contributed by atoms with Gasteiger partial charge in [0.15, 0.2) is 11.5 Å². The normalized spacial score (nSPS) is 10.2. The summed E-state index contributed by atoms with van der Waals surface area (Å²) < 4.78 is 11.1. The van der Waals surface area contributed by atoms with Gasteiger partial charge in [-0.3, -0.25) is 4.98 Å². The fourth-order valence-electron chi connectivity index (χ4n) is 1.80. The SMILES string of the molecule is COc1ccc(CCN)cc1OCc1ccncc1. The molecular formula is C15H18N2O2. The van der Waals surface area contributed by atoms with Crippen LogP contribution in [0.25, 0.3) is 0 Å². The van der Waals surface area contributed by atoms with E-state index < -0.39 is 0 Å². The van der Waals surface area contributed by atoms with E-state index >= 15 is 0 Å². The maximum absolute atomic E-state index is 5.81. The van der Waals surface area contributed by atoms with Gasteiger partial charge in [0.1, 0.15) is 6.61 Å². The molecule has 1 heterocycles. The van der Waals surface area contributed by atoms with Crippen LogP contribution in [0.5, 0.6) is 11.5 Å². The topological polar surface area (TPSA) is 57.4 Å². The van der Waals surface area contributed by atoms with Crippen molar-refractivity contribution >= 4 is 0 Å². The van der Waals surface area contributed by atoms with E-state index in [-0.39, 0.29) is 0 Å². The maximum atomic E-state index is 5.81. The molecule has 0 aliphatic carbocycles. The third kappa shape index (κ3) is 3.69. The number of ether oxygens (including phenoxy) is 2. The van der Waals surface area contributed by atoms with E-state index in [0.717, 1.165) is 29.0 Å². The van der Waals surface area contributed by atoms with Crippen LogP contribution < -0.4 is 15.2 Å². The lowest BCUT2D eigenvalue weighted by Crippen LogP contribution is -2.04. The van der Waals surface area contributed by atoms with Crippen LogP contribution in [-0.4, -0.2) is 18.6 Å². The van der Waals surface area contributed by atoms with Crippen LogP contribution in [0.3, 0.4) is 0 Å². The molecule has 2 aromatic rings. The molecule has 0 aliphatic heterocycles. The minimum atomic E-state index is 0.491. The Hall–Kier alpha value is -2.07.